The van der Waals surface area contributed by atoms with Gasteiger partial charge >= 0.3 is 0 Å². The van der Waals surface area contributed by atoms with E-state index in [1.807, 2.05) is 40.7 Å². The third kappa shape index (κ3) is 4.67. The predicted octanol–water partition coefficient (Wildman–Crippen LogP) is 5.62. The number of aliphatic hydroxyl groups is 1. The first kappa shape index (κ1) is 32.9. The summed E-state index contributed by atoms with van der Waals surface area (Å²) in [5, 5.41) is 23.9. The van der Waals surface area contributed by atoms with E-state index in [9.17, 15) is 34.2 Å². The summed E-state index contributed by atoms with van der Waals surface area (Å²) in [6, 6.07) is 8.28. The van der Waals surface area contributed by atoms with Gasteiger partial charge in [0, 0.05) is 11.3 Å². The van der Waals surface area contributed by atoms with E-state index < -0.39 is 63.1 Å². The molecule has 2 saturated carbocycles. The lowest BCUT2D eigenvalue weighted by Gasteiger charge is -2.62. The lowest BCUT2D eigenvalue weighted by Crippen LogP contribution is -2.76. The van der Waals surface area contributed by atoms with Crippen molar-refractivity contribution in [1.29, 1.82) is 0 Å². The molecule has 7 nitrogen and oxygen atoms in total. The molecule has 6 atom stereocenters. The molecule has 0 aromatic heterocycles. The van der Waals surface area contributed by atoms with Crippen LogP contribution in [0.2, 0.25) is 0 Å². The molecule has 2 aromatic rings. The van der Waals surface area contributed by atoms with Crippen LogP contribution in [-0.4, -0.2) is 44.7 Å². The number of Topliss-reactive ketones (excluding diaryl/α,β-unsaturated/α-hetero) is 5. The van der Waals surface area contributed by atoms with Crippen LogP contribution >= 0.6 is 0 Å². The van der Waals surface area contributed by atoms with Gasteiger partial charge in [-0.3, -0.25) is 24.0 Å². The van der Waals surface area contributed by atoms with Gasteiger partial charge < -0.3 is 10.2 Å². The molecule has 2 fully saturated rings. The van der Waals surface area contributed by atoms with Crippen molar-refractivity contribution in [1.82, 2.24) is 0 Å². The maximum atomic E-state index is 14.6. The Balaban J connectivity index is 1.66. The van der Waals surface area contributed by atoms with Crippen LogP contribution in [0.1, 0.15) is 105 Å². The summed E-state index contributed by atoms with van der Waals surface area (Å²) < 4.78 is 0. The van der Waals surface area contributed by atoms with Crippen LogP contribution < -0.4 is 0 Å². The van der Waals surface area contributed by atoms with Gasteiger partial charge in [-0.1, -0.05) is 76.9 Å². The molecule has 240 valence electrons. The Morgan fingerprint density at radius 3 is 2.07 bits per heavy atom. The molecule has 3 unspecified atom stereocenters. The van der Waals surface area contributed by atoms with Crippen molar-refractivity contribution in [3.05, 3.63) is 63.2 Å². The molecule has 0 saturated heterocycles. The van der Waals surface area contributed by atoms with E-state index in [-0.39, 0.29) is 36.0 Å². The third-order valence-electron chi connectivity index (χ3n) is 11.1. The number of hydrogen-bond donors (Lipinski definition) is 2. The van der Waals surface area contributed by atoms with E-state index in [0.29, 0.717) is 24.0 Å². The molecule has 2 N–H and O–H groups in total. The predicted molar refractivity (Wildman–Crippen MR) is 170 cm³/mol. The molecular weight excluding hydrogens is 568 g/mol. The molecule has 0 spiro atoms. The van der Waals surface area contributed by atoms with E-state index >= 15 is 0 Å². The average Bonchev–Trinajstić information content (AvgIpc) is 2.89. The molecule has 0 aliphatic heterocycles. The van der Waals surface area contributed by atoms with Crippen molar-refractivity contribution in [3.63, 3.8) is 0 Å². The summed E-state index contributed by atoms with van der Waals surface area (Å²) in [6.45, 7) is 16.2. The fourth-order valence-electron chi connectivity index (χ4n) is 9.49. The number of fused-ring (bicyclic) bond motifs is 3. The van der Waals surface area contributed by atoms with Crippen molar-refractivity contribution in [2.45, 2.75) is 99.5 Å². The molecule has 7 heteroatoms. The highest BCUT2D eigenvalue weighted by Crippen LogP contribution is 2.64. The van der Waals surface area contributed by atoms with Gasteiger partial charge in [0.1, 0.15) is 17.5 Å². The molecule has 0 radical (unpaired) electrons. The summed E-state index contributed by atoms with van der Waals surface area (Å²) in [5.74, 6) is -8.64. The van der Waals surface area contributed by atoms with E-state index in [4.69, 9.17) is 0 Å². The minimum atomic E-state index is -2.69. The van der Waals surface area contributed by atoms with Crippen LogP contribution in [0.3, 0.4) is 0 Å². The SMILES string of the molecule is CC(=O)C1C(=O)C(C(C)C)[C@@]2(C)C[C@@]3(C)Cc4c(C(C)C)cc(CCc5cc(C)cc(C)c5)c(O)c4C(=O)C3C(=O)[C@@]2(O)C1=O. The highest BCUT2D eigenvalue weighted by molar-refractivity contribution is 6.32. The largest absolute Gasteiger partial charge is 0.507 e. The van der Waals surface area contributed by atoms with E-state index in [2.05, 4.69) is 18.2 Å². The summed E-state index contributed by atoms with van der Waals surface area (Å²) in [7, 11) is 0. The standard InChI is InChI=1S/C38H46O7/c1-18(2)25-15-24(11-10-23-13-20(5)12-21(6)14-23)31(40)28-26(25)16-36(8)17-37(9)29(19(3)4)32(41)27(22(7)39)34(43)38(37,45)35(44)30(36)33(28)42/h12-15,18-19,27,29-30,40,45H,10-11,16-17H2,1-9H3/t27?,29?,30?,36-,37-,38+/m1/s1. The number of aromatic hydroxyl groups is 1. The Morgan fingerprint density at radius 1 is 0.933 bits per heavy atom. The Morgan fingerprint density at radius 2 is 1.53 bits per heavy atom. The molecule has 45 heavy (non-hydrogen) atoms. The van der Waals surface area contributed by atoms with Crippen molar-refractivity contribution < 1.29 is 34.2 Å². The van der Waals surface area contributed by atoms with Crippen molar-refractivity contribution in [2.75, 3.05) is 0 Å². The zero-order valence-electron chi connectivity index (χ0n) is 28.0. The van der Waals surface area contributed by atoms with Crippen LogP contribution in [0.4, 0.5) is 0 Å². The summed E-state index contributed by atoms with van der Waals surface area (Å²) in [4.78, 5) is 69.4. The van der Waals surface area contributed by atoms with Crippen LogP contribution in [0, 0.1) is 48.3 Å². The number of hydrogen-bond acceptors (Lipinski definition) is 7. The topological polar surface area (TPSA) is 126 Å². The van der Waals surface area contributed by atoms with Gasteiger partial charge in [0.05, 0.1) is 11.5 Å². The third-order valence-corrected chi connectivity index (χ3v) is 11.1. The Labute approximate surface area is 265 Å². The minimum absolute atomic E-state index is 0.0108. The second-order valence-corrected chi connectivity index (χ2v) is 15.3. The van der Waals surface area contributed by atoms with Gasteiger partial charge in [-0.2, -0.15) is 0 Å². The second kappa shape index (κ2) is 10.8. The van der Waals surface area contributed by atoms with Crippen molar-refractivity contribution >= 4 is 28.9 Å². The first-order valence-corrected chi connectivity index (χ1v) is 16.1. The molecule has 0 amide bonds. The number of aryl methyl sites for hydroxylation is 4. The second-order valence-electron chi connectivity index (χ2n) is 15.3. The molecular formula is C38H46O7. The first-order valence-electron chi connectivity index (χ1n) is 16.1. The quantitative estimate of drug-likeness (QED) is 0.405. The number of carbonyl (C=O) groups excluding carboxylic acids is 5. The van der Waals surface area contributed by atoms with E-state index in [1.54, 1.807) is 20.8 Å². The fraction of sp³-hybridized carbons (Fsp3) is 0.553. The van der Waals surface area contributed by atoms with Crippen LogP contribution in [0.25, 0.3) is 0 Å². The Kier molecular flexibility index (Phi) is 7.92. The normalized spacial score (nSPS) is 31.2. The molecule has 3 aliphatic rings. The molecule has 2 aromatic carbocycles. The van der Waals surface area contributed by atoms with Gasteiger partial charge in [-0.25, -0.2) is 0 Å². The molecule has 3 aliphatic carbocycles. The monoisotopic (exact) mass is 614 g/mol. The summed E-state index contributed by atoms with van der Waals surface area (Å²) >= 11 is 0. The number of ketones is 5. The summed E-state index contributed by atoms with van der Waals surface area (Å²) in [6.07, 6.45) is 1.43. The maximum absolute atomic E-state index is 14.6. The van der Waals surface area contributed by atoms with E-state index in [0.717, 1.165) is 29.2 Å². The maximum Gasteiger partial charge on any atom is 0.190 e. The lowest BCUT2D eigenvalue weighted by atomic mass is 9.39. The number of phenolic OH excluding ortho intramolecular Hbond substituents is 1. The average molecular weight is 615 g/mol. The summed E-state index contributed by atoms with van der Waals surface area (Å²) in [5.41, 5.74) is 0.440. The lowest BCUT2D eigenvalue weighted by molar-refractivity contribution is -0.205. The smallest absolute Gasteiger partial charge is 0.190 e. The first-order chi connectivity index (χ1) is 20.8. The zero-order chi connectivity index (χ0) is 33.5. The minimum Gasteiger partial charge on any atom is -0.507 e. The fourth-order valence-corrected chi connectivity index (χ4v) is 9.49. The van der Waals surface area contributed by atoms with Crippen molar-refractivity contribution in [3.8, 4) is 5.75 Å². The highest BCUT2D eigenvalue weighted by Gasteiger charge is 2.76. The van der Waals surface area contributed by atoms with Gasteiger partial charge in [-0.15, -0.1) is 0 Å². The molecule has 0 bridgehead atoms. The van der Waals surface area contributed by atoms with Crippen LogP contribution in [0.15, 0.2) is 24.3 Å². The van der Waals surface area contributed by atoms with Gasteiger partial charge in [0.2, 0.25) is 0 Å². The van der Waals surface area contributed by atoms with Gasteiger partial charge in [0.25, 0.3) is 0 Å². The van der Waals surface area contributed by atoms with Gasteiger partial charge in [-0.05, 0) is 86.0 Å². The number of carbonyl (C=O) groups is 5. The number of phenols is 1. The van der Waals surface area contributed by atoms with Crippen LogP contribution in [-0.2, 0) is 38.4 Å². The molecule has 0 heterocycles. The number of benzene rings is 2. The van der Waals surface area contributed by atoms with E-state index in [1.165, 1.54) is 0 Å². The highest BCUT2D eigenvalue weighted by atomic mass is 16.3. The van der Waals surface area contributed by atoms with Crippen LogP contribution in [0.5, 0.6) is 5.75 Å². The molecule has 5 rings (SSSR count). The Hall–Kier alpha value is -3.45. The Bertz CT molecular complexity index is 1640. The van der Waals surface area contributed by atoms with Gasteiger partial charge in [0.15, 0.2) is 28.7 Å². The zero-order valence-corrected chi connectivity index (χ0v) is 28.0. The number of rotatable bonds is 6. The van der Waals surface area contributed by atoms with Crippen molar-refractivity contribution in [2.24, 2.45) is 34.5 Å².